The van der Waals surface area contributed by atoms with Gasteiger partial charge in [-0.3, -0.25) is 19.3 Å². The predicted octanol–water partition coefficient (Wildman–Crippen LogP) is 0.373. The van der Waals surface area contributed by atoms with Crippen LogP contribution in [0.4, 0.5) is 5.13 Å². The van der Waals surface area contributed by atoms with Gasteiger partial charge in [0.1, 0.15) is 29.4 Å². The van der Waals surface area contributed by atoms with Gasteiger partial charge in [-0.25, -0.2) is 14.6 Å². The number of carboxylic acid groups (broad SMARTS) is 2. The molecule has 20 heteroatoms. The summed E-state index contributed by atoms with van der Waals surface area (Å²) < 4.78 is 0.686. The maximum atomic E-state index is 13.5. The van der Waals surface area contributed by atoms with Gasteiger partial charge in [0.25, 0.3) is 17.7 Å². The number of β-lactam (4-membered cyclic amide) rings is 1. The van der Waals surface area contributed by atoms with Crippen molar-refractivity contribution in [2.24, 2.45) is 5.16 Å². The van der Waals surface area contributed by atoms with Gasteiger partial charge in [0, 0.05) is 29.5 Å². The first-order valence-electron chi connectivity index (χ1n) is 14.4. The number of aromatic hydroxyl groups is 2. The smallest absolute Gasteiger partial charge is 0.352 e. The Kier molecular flexibility index (Phi) is 10.0. The zero-order valence-electron chi connectivity index (χ0n) is 25.2. The topological polar surface area (TPSA) is 254 Å². The van der Waals surface area contributed by atoms with Gasteiger partial charge in [0.15, 0.2) is 22.3 Å². The lowest BCUT2D eigenvalue weighted by atomic mass is 10.0. The van der Waals surface area contributed by atoms with Crippen LogP contribution in [0.15, 0.2) is 33.9 Å². The number of nitrogens with zero attached hydrogens (tertiary/aromatic N) is 4. The molecule has 2 fully saturated rings. The first-order valence-corrected chi connectivity index (χ1v) is 16.7. The maximum absolute atomic E-state index is 13.5. The summed E-state index contributed by atoms with van der Waals surface area (Å²) in [6.45, 7) is 1.64. The van der Waals surface area contributed by atoms with Crippen LogP contribution in [0.3, 0.4) is 0 Å². The van der Waals surface area contributed by atoms with Gasteiger partial charge in [0.05, 0.1) is 37.3 Å². The second-order valence-corrected chi connectivity index (χ2v) is 13.9. The van der Waals surface area contributed by atoms with Crippen molar-refractivity contribution in [1.82, 2.24) is 20.5 Å². The largest absolute Gasteiger partial charge is 0.504 e. The Labute approximate surface area is 285 Å². The summed E-state index contributed by atoms with van der Waals surface area (Å²) in [6.07, 6.45) is 0.242. The number of oxime groups is 1. The third-order valence-electron chi connectivity index (χ3n) is 8.07. The van der Waals surface area contributed by atoms with Crippen molar-refractivity contribution in [1.29, 1.82) is 0 Å². The highest BCUT2D eigenvalue weighted by atomic mass is 35.5. The quantitative estimate of drug-likeness (QED) is 0.0514. The number of thiazole rings is 1. The fourth-order valence-corrected chi connectivity index (χ4v) is 7.76. The number of halogens is 1. The molecule has 0 aliphatic carbocycles. The first-order chi connectivity index (χ1) is 22.7. The summed E-state index contributed by atoms with van der Waals surface area (Å²) in [6, 6.07) is 0.994. The highest BCUT2D eigenvalue weighted by Gasteiger charge is 2.55. The summed E-state index contributed by atoms with van der Waals surface area (Å²) in [7, 11) is 2.06. The molecule has 0 unspecified atom stereocenters. The lowest BCUT2D eigenvalue weighted by molar-refractivity contribution is -0.893. The number of likely N-dealkylation sites (N-methyl/N-ethyl adjacent to an activating group) is 1. The number of rotatable bonds is 12. The van der Waals surface area contributed by atoms with Gasteiger partial charge in [-0.1, -0.05) is 16.8 Å². The Morgan fingerprint density at radius 3 is 2.56 bits per heavy atom. The lowest BCUT2D eigenvalue weighted by Gasteiger charge is -2.49. The minimum Gasteiger partial charge on any atom is -0.504 e. The molecule has 0 saturated carbocycles. The summed E-state index contributed by atoms with van der Waals surface area (Å²) >= 11 is 8.17. The van der Waals surface area contributed by atoms with Gasteiger partial charge >= 0.3 is 11.9 Å². The molecule has 4 heterocycles. The Morgan fingerprint density at radius 2 is 1.94 bits per heavy atom. The molecule has 1 aromatic carbocycles. The minimum atomic E-state index is -1.84. The monoisotopic (exact) mass is 724 g/mol. The normalized spacial score (nSPS) is 20.8. The number of anilines is 1. The Hall–Kier alpha value is -4.59. The maximum Gasteiger partial charge on any atom is 0.352 e. The summed E-state index contributed by atoms with van der Waals surface area (Å²) in [5, 5.41) is 47.8. The van der Waals surface area contributed by atoms with Gasteiger partial charge in [-0.2, -0.15) is 0 Å². The van der Waals surface area contributed by atoms with Crippen molar-refractivity contribution in [2.75, 3.05) is 44.7 Å². The Morgan fingerprint density at radius 1 is 1.23 bits per heavy atom. The van der Waals surface area contributed by atoms with Crippen LogP contribution in [0.5, 0.6) is 11.5 Å². The van der Waals surface area contributed by atoms with E-state index in [2.05, 4.69) is 27.8 Å². The van der Waals surface area contributed by atoms with Crippen LogP contribution >= 0.6 is 34.7 Å². The number of thioether (sulfide) groups is 1. The number of hydrogen-bond acceptors (Lipinski definition) is 13. The molecule has 0 bridgehead atoms. The number of nitrogens with one attached hydrogen (secondary N) is 2. The van der Waals surface area contributed by atoms with Gasteiger partial charge in [0.2, 0.25) is 6.10 Å². The van der Waals surface area contributed by atoms with Crippen molar-refractivity contribution < 1.29 is 53.7 Å². The van der Waals surface area contributed by atoms with E-state index in [1.165, 1.54) is 22.0 Å². The number of phenolic OH excluding ortho intramolecular Hbond substituents is 2. The van der Waals surface area contributed by atoms with E-state index in [4.69, 9.17) is 22.2 Å². The van der Waals surface area contributed by atoms with Crippen LogP contribution in [-0.2, 0) is 24.0 Å². The SMILES string of the molecule is C[N+]1(CC2=C(C(=O)O)N3C(=O)[C@@H](NC(=O)/C(=N\O[C@@H](CNC(=O)c4ccc(O)c(O)c4Cl)C(=O)O)c4csc(N)n4)[C@H]3SC2)CCCC1. The van der Waals surface area contributed by atoms with E-state index in [1.54, 1.807) is 0 Å². The second-order valence-electron chi connectivity index (χ2n) is 11.5. The van der Waals surface area contributed by atoms with Crippen molar-refractivity contribution in [2.45, 2.75) is 30.4 Å². The average Bonchev–Trinajstić information content (AvgIpc) is 3.67. The van der Waals surface area contributed by atoms with Crippen molar-refractivity contribution in [3.05, 3.63) is 45.1 Å². The molecule has 0 radical (unpaired) electrons. The van der Waals surface area contributed by atoms with Crippen molar-refractivity contribution in [3.63, 3.8) is 0 Å². The molecule has 5 rings (SSSR count). The molecular weight excluding hydrogens is 694 g/mol. The number of nitrogens with two attached hydrogens (primary N) is 1. The van der Waals surface area contributed by atoms with E-state index >= 15 is 0 Å². The molecule has 256 valence electrons. The van der Waals surface area contributed by atoms with Crippen molar-refractivity contribution in [3.8, 4) is 11.5 Å². The van der Waals surface area contributed by atoms with Crippen LogP contribution < -0.4 is 16.4 Å². The van der Waals surface area contributed by atoms with Crippen LogP contribution in [0.1, 0.15) is 28.9 Å². The summed E-state index contributed by atoms with van der Waals surface area (Å²) in [5.41, 5.74) is 5.41. The lowest BCUT2D eigenvalue weighted by Crippen LogP contribution is -2.71. The Bertz CT molecular complexity index is 1740. The van der Waals surface area contributed by atoms with Crippen molar-refractivity contribution >= 4 is 75.2 Å². The molecule has 0 spiro atoms. The van der Waals surface area contributed by atoms with Crippen LogP contribution in [0.25, 0.3) is 0 Å². The number of nitrogen functional groups attached to an aromatic ring is 1. The number of phenols is 2. The van der Waals surface area contributed by atoms with E-state index < -0.39 is 76.0 Å². The predicted molar refractivity (Wildman–Crippen MR) is 172 cm³/mol. The van der Waals surface area contributed by atoms with E-state index in [0.717, 1.165) is 49.4 Å². The Balaban J connectivity index is 1.30. The molecule has 3 aliphatic rings. The number of hydrogen-bond donors (Lipinski definition) is 7. The van der Waals surface area contributed by atoms with E-state index in [1.807, 2.05) is 0 Å². The number of carbonyl (C=O) groups excluding carboxylic acids is 3. The van der Waals surface area contributed by atoms with Crippen LogP contribution in [-0.4, -0.2) is 127 Å². The zero-order chi connectivity index (χ0) is 34.9. The molecule has 3 atom stereocenters. The molecule has 3 amide bonds. The fourth-order valence-electron chi connectivity index (χ4n) is 5.63. The van der Waals surface area contributed by atoms with Gasteiger partial charge < -0.3 is 46.1 Å². The number of carbonyl (C=O) groups is 5. The third kappa shape index (κ3) is 6.98. The highest BCUT2D eigenvalue weighted by Crippen LogP contribution is 2.41. The number of aliphatic carboxylic acids is 2. The number of fused-ring (bicyclic) bond motifs is 1. The molecule has 17 nitrogen and oxygen atoms in total. The minimum absolute atomic E-state index is 0.0495. The first kappa shape index (κ1) is 34.7. The number of likely N-dealkylation sites (tertiary alicyclic amines) is 1. The standard InChI is InChI=1S/C28H30ClN7O10S2/c1-36(6-2-3-7-36)9-12-10-47-25-19(24(41)35(25)20(12)27(44)45)33-23(40)18(14-11-48-28(30)32-14)34-46-16(26(42)43)8-31-22(39)13-4-5-15(37)21(38)17(13)29/h4-5,11,16,19,25H,2-3,6-10H2,1H3,(H7-,30,31,32,33,34,37,38,39,40,42,43,44,45)/p+1/t16-,19+,25+/m0/s1. The molecule has 8 N–H and O–H groups in total. The second kappa shape index (κ2) is 13.9. The van der Waals surface area contributed by atoms with Crippen LogP contribution in [0, 0.1) is 0 Å². The number of quaternary nitrogens is 1. The number of benzene rings is 1. The van der Waals surface area contributed by atoms with Crippen LogP contribution in [0.2, 0.25) is 5.02 Å². The van der Waals surface area contributed by atoms with Gasteiger partial charge in [-0.05, 0) is 12.1 Å². The van der Waals surface area contributed by atoms with E-state index in [-0.39, 0.29) is 22.1 Å². The molecule has 1 aromatic heterocycles. The zero-order valence-corrected chi connectivity index (χ0v) is 27.6. The highest BCUT2D eigenvalue weighted by molar-refractivity contribution is 8.00. The fraction of sp³-hybridized carbons (Fsp3) is 0.393. The molecule has 2 saturated heterocycles. The third-order valence-corrected chi connectivity index (χ3v) is 10.5. The molecule has 2 aromatic rings. The molecule has 3 aliphatic heterocycles. The average molecular weight is 725 g/mol. The van der Waals surface area contributed by atoms with E-state index in [0.29, 0.717) is 22.4 Å². The van der Waals surface area contributed by atoms with E-state index in [9.17, 15) is 44.4 Å². The number of carboxylic acids is 2. The summed E-state index contributed by atoms with van der Waals surface area (Å²) in [4.78, 5) is 73.9. The molecule has 48 heavy (non-hydrogen) atoms. The molecular formula is C28H31ClN7O10S2+. The number of aromatic nitrogens is 1. The number of amides is 3. The summed E-state index contributed by atoms with van der Waals surface area (Å²) in [5.74, 6) is -6.29. The van der Waals surface area contributed by atoms with Gasteiger partial charge in [-0.15, -0.1) is 23.1 Å².